The lowest BCUT2D eigenvalue weighted by molar-refractivity contribution is -0.146. The number of fused-ring (bicyclic) bond motifs is 6. The first-order valence-corrected chi connectivity index (χ1v) is 22.7. The SMILES string of the molecule is CC(C)(C)c1ccc(C2C(C3CCCN3[C@@]3(C(=O)NC(=O)O)c4ccc(cc4)C3(C)CC(N)=O)CCCC2C2CCCN2[C@@]2(C(=O)NC(=O)O)c3ccc(cc3)C2(C)CC(N)=O)cc1. The number of nitrogens with one attached hydrogen (secondary N) is 2. The molecule has 8 N–H and O–H groups in total. The Morgan fingerprint density at radius 2 is 0.969 bits per heavy atom. The Kier molecular flexibility index (Phi) is 11.3. The Morgan fingerprint density at radius 3 is 1.31 bits per heavy atom. The zero-order valence-electron chi connectivity index (χ0n) is 37.5. The number of benzene rings is 3. The molecule has 14 nitrogen and oxygen atoms in total. The molecular weight excluding hydrogens is 813 g/mol. The minimum Gasteiger partial charge on any atom is -0.465 e. The second-order valence-electron chi connectivity index (χ2n) is 20.5. The molecule has 2 aliphatic heterocycles. The van der Waals surface area contributed by atoms with Crippen LogP contribution in [0.15, 0.2) is 72.8 Å². The van der Waals surface area contributed by atoms with E-state index < -0.39 is 57.7 Å². The molecule has 64 heavy (non-hydrogen) atoms. The van der Waals surface area contributed by atoms with Crippen LogP contribution in [-0.2, 0) is 46.5 Å². The monoisotopic (exact) mass is 874 g/mol. The molecule has 14 heteroatoms. The van der Waals surface area contributed by atoms with Gasteiger partial charge in [-0.25, -0.2) is 9.59 Å². The van der Waals surface area contributed by atoms with Crippen LogP contribution in [0.5, 0.6) is 0 Å². The third-order valence-corrected chi connectivity index (χ3v) is 16.2. The van der Waals surface area contributed by atoms with Crippen LogP contribution in [0.1, 0.15) is 132 Å². The minimum atomic E-state index is -1.59. The van der Waals surface area contributed by atoms with E-state index in [2.05, 4.69) is 65.5 Å². The number of nitrogens with zero attached hydrogens (tertiary/aromatic N) is 2. The lowest BCUT2D eigenvalue weighted by atomic mass is 9.55. The number of nitrogens with two attached hydrogens (primary N) is 2. The smallest absolute Gasteiger partial charge is 0.411 e. The first-order chi connectivity index (χ1) is 30.2. The van der Waals surface area contributed by atoms with Gasteiger partial charge in [0, 0.05) is 35.8 Å². The normalized spacial score (nSPS) is 32.3. The first kappa shape index (κ1) is 45.0. The molecule has 6 unspecified atom stereocenters. The van der Waals surface area contributed by atoms with E-state index in [4.69, 9.17) is 11.5 Å². The van der Waals surface area contributed by atoms with Gasteiger partial charge in [0.25, 0.3) is 11.8 Å². The average Bonchev–Trinajstić information content (AvgIpc) is 3.91. The van der Waals surface area contributed by atoms with E-state index in [-0.39, 0.29) is 48.1 Å². The summed E-state index contributed by atoms with van der Waals surface area (Å²) in [6, 6.07) is 23.3. The number of primary amides is 2. The predicted octanol–water partition coefficient (Wildman–Crippen LogP) is 6.09. The quantitative estimate of drug-likeness (QED) is 0.130. The zero-order chi connectivity index (χ0) is 46.1. The molecule has 10 rings (SSSR count). The predicted molar refractivity (Wildman–Crippen MR) is 239 cm³/mol. The van der Waals surface area contributed by atoms with Gasteiger partial charge in [-0.2, -0.15) is 0 Å². The topological polar surface area (TPSA) is 225 Å². The first-order valence-electron chi connectivity index (χ1n) is 22.7. The molecule has 6 amide bonds. The molecule has 0 aromatic heterocycles. The third kappa shape index (κ3) is 6.73. The number of rotatable bonds is 11. The number of hydrogen-bond donors (Lipinski definition) is 6. The molecule has 0 spiro atoms. The van der Waals surface area contributed by atoms with E-state index in [1.54, 1.807) is 0 Å². The molecular formula is C50H62N6O8. The second-order valence-corrected chi connectivity index (χ2v) is 20.5. The fourth-order valence-corrected chi connectivity index (χ4v) is 13.9. The van der Waals surface area contributed by atoms with Crippen molar-refractivity contribution in [1.29, 1.82) is 0 Å². The van der Waals surface area contributed by atoms with E-state index >= 15 is 0 Å². The van der Waals surface area contributed by atoms with Crippen molar-refractivity contribution in [3.8, 4) is 0 Å². The number of hydrogen-bond acceptors (Lipinski definition) is 8. The highest BCUT2D eigenvalue weighted by molar-refractivity contribution is 6.01. The van der Waals surface area contributed by atoms with Gasteiger partial charge >= 0.3 is 12.2 Å². The number of carbonyl (C=O) groups is 6. The Bertz CT molecular complexity index is 2230. The Morgan fingerprint density at radius 1 is 0.594 bits per heavy atom. The summed E-state index contributed by atoms with van der Waals surface area (Å²) in [5.41, 5.74) is 11.2. The number of carboxylic acid groups (broad SMARTS) is 2. The summed E-state index contributed by atoms with van der Waals surface area (Å²) in [6.45, 7) is 11.1. The molecule has 2 heterocycles. The fraction of sp³-hybridized carbons (Fsp3) is 0.520. The fourth-order valence-electron chi connectivity index (χ4n) is 13.9. The third-order valence-electron chi connectivity index (χ3n) is 16.2. The van der Waals surface area contributed by atoms with Gasteiger partial charge in [0.1, 0.15) is 11.1 Å². The van der Waals surface area contributed by atoms with Crippen LogP contribution < -0.4 is 22.1 Å². The zero-order valence-corrected chi connectivity index (χ0v) is 37.5. The highest BCUT2D eigenvalue weighted by atomic mass is 16.4. The average molecular weight is 875 g/mol. The molecule has 340 valence electrons. The molecule has 3 fully saturated rings. The van der Waals surface area contributed by atoms with Crippen molar-refractivity contribution in [1.82, 2.24) is 20.4 Å². The van der Waals surface area contributed by atoms with E-state index in [1.165, 1.54) is 5.56 Å². The largest absolute Gasteiger partial charge is 0.465 e. The molecule has 5 aliphatic carbocycles. The van der Waals surface area contributed by atoms with Crippen molar-refractivity contribution in [2.24, 2.45) is 23.3 Å². The molecule has 4 bridgehead atoms. The van der Waals surface area contributed by atoms with Gasteiger partial charge in [-0.05, 0) is 108 Å². The molecule has 1 saturated carbocycles. The standard InChI is InChI=1S/C50H62N6O8/c1-46(2,3)30-15-13-29(14-16-30)41-35(37-11-7-25-55(37)49(42(59)53-44(61)62)33-21-17-31(18-22-33)47(49,4)27-39(51)57)9-6-10-36(41)38-12-8-26-56(38)50(43(60)54-45(63)64)34-23-19-32(20-24-34)48(50,5)28-40(52)58/h13-24,35-38,41H,6-12,25-28H2,1-5H3,(H2,51,57)(H2,52,58)(H,53,59)(H,54,60)(H,61,62)(H,63,64)/t35?,36?,37?,38?,41?,47?,48?,49-,50-/m1/s1. The molecule has 3 aromatic carbocycles. The van der Waals surface area contributed by atoms with Gasteiger partial charge in [-0.1, -0.05) is 114 Å². The maximum Gasteiger partial charge on any atom is 0.411 e. The summed E-state index contributed by atoms with van der Waals surface area (Å²) < 4.78 is 0. The van der Waals surface area contributed by atoms with Crippen molar-refractivity contribution in [2.45, 2.75) is 138 Å². The Labute approximate surface area is 374 Å². The summed E-state index contributed by atoms with van der Waals surface area (Å²) in [5, 5.41) is 24.7. The molecule has 7 aliphatic rings. The van der Waals surface area contributed by atoms with Crippen molar-refractivity contribution in [2.75, 3.05) is 13.1 Å². The highest BCUT2D eigenvalue weighted by Crippen LogP contribution is 2.61. The van der Waals surface area contributed by atoms with E-state index in [1.807, 2.05) is 62.4 Å². The van der Waals surface area contributed by atoms with Crippen molar-refractivity contribution >= 4 is 35.8 Å². The van der Waals surface area contributed by atoms with Crippen molar-refractivity contribution < 1.29 is 39.0 Å². The summed E-state index contributed by atoms with van der Waals surface area (Å²) in [6.07, 6.45) is 1.92. The number of amides is 6. The molecule has 2 saturated heterocycles. The van der Waals surface area contributed by atoms with Crippen LogP contribution in [0.2, 0.25) is 0 Å². The number of likely N-dealkylation sites (tertiary alicyclic amines) is 2. The van der Waals surface area contributed by atoms with Gasteiger partial charge in [0.05, 0.1) is 0 Å². The Hall–Kier alpha value is -5.60. The summed E-state index contributed by atoms with van der Waals surface area (Å²) in [7, 11) is 0. The second kappa shape index (κ2) is 16.1. The summed E-state index contributed by atoms with van der Waals surface area (Å²) in [5.74, 6) is -2.96. The van der Waals surface area contributed by atoms with E-state index in [9.17, 15) is 39.0 Å². The maximum atomic E-state index is 15.0. The summed E-state index contributed by atoms with van der Waals surface area (Å²) >= 11 is 0. The number of imide groups is 2. The van der Waals surface area contributed by atoms with Gasteiger partial charge in [-0.3, -0.25) is 39.6 Å². The maximum absolute atomic E-state index is 15.0. The van der Waals surface area contributed by atoms with Crippen LogP contribution in [-0.4, -0.2) is 81.0 Å². The molecule has 0 radical (unpaired) electrons. The van der Waals surface area contributed by atoms with Crippen molar-refractivity contribution in [3.63, 3.8) is 0 Å². The van der Waals surface area contributed by atoms with E-state index in [0.717, 1.165) is 37.7 Å². The lowest BCUT2D eigenvalue weighted by Crippen LogP contribution is -2.71. The van der Waals surface area contributed by atoms with Crippen LogP contribution in [0.4, 0.5) is 9.59 Å². The van der Waals surface area contributed by atoms with Gasteiger partial charge in [0.2, 0.25) is 11.8 Å². The van der Waals surface area contributed by atoms with Crippen LogP contribution in [0, 0.1) is 11.8 Å². The highest BCUT2D eigenvalue weighted by Gasteiger charge is 2.67. The van der Waals surface area contributed by atoms with Gasteiger partial charge in [0.15, 0.2) is 0 Å². The summed E-state index contributed by atoms with van der Waals surface area (Å²) in [4.78, 5) is 85.2. The van der Waals surface area contributed by atoms with Crippen LogP contribution >= 0.6 is 0 Å². The molecule has 8 atom stereocenters. The minimum absolute atomic E-state index is 0.0824. The lowest BCUT2D eigenvalue weighted by Gasteiger charge is -2.59. The van der Waals surface area contributed by atoms with Gasteiger partial charge in [-0.15, -0.1) is 0 Å². The van der Waals surface area contributed by atoms with E-state index in [0.29, 0.717) is 48.2 Å². The van der Waals surface area contributed by atoms with Crippen molar-refractivity contribution in [3.05, 3.63) is 106 Å². The van der Waals surface area contributed by atoms with Crippen LogP contribution in [0.3, 0.4) is 0 Å². The molecule has 3 aromatic rings. The van der Waals surface area contributed by atoms with Gasteiger partial charge < -0.3 is 21.7 Å². The van der Waals surface area contributed by atoms with Crippen LogP contribution in [0.25, 0.3) is 0 Å². The number of carbonyl (C=O) groups excluding carboxylic acids is 4. The Balaban J connectivity index is 1.30.